The highest BCUT2D eigenvalue weighted by Crippen LogP contribution is 2.40. The van der Waals surface area contributed by atoms with Gasteiger partial charge in [0.1, 0.15) is 24.1 Å². The fraction of sp³-hybridized carbons (Fsp3) is 0.273. The van der Waals surface area contributed by atoms with E-state index in [1.807, 2.05) is 48.5 Å². The summed E-state index contributed by atoms with van der Waals surface area (Å²) in [4.78, 5) is 0. The lowest BCUT2D eigenvalue weighted by atomic mass is 9.97. The van der Waals surface area contributed by atoms with E-state index in [1.54, 1.807) is 6.07 Å². The summed E-state index contributed by atoms with van der Waals surface area (Å²) < 4.78 is 22.1. The molecule has 2 heterocycles. The number of benzene rings is 3. The van der Waals surface area contributed by atoms with Crippen LogP contribution in [0.4, 0.5) is 0 Å². The first-order valence-electron chi connectivity index (χ1n) is 9.36. The van der Waals surface area contributed by atoms with Gasteiger partial charge < -0.3 is 34.3 Å². The van der Waals surface area contributed by atoms with Gasteiger partial charge in [-0.05, 0) is 34.7 Å². The molecule has 5 rings (SSSR count). The van der Waals surface area contributed by atoms with E-state index in [1.165, 1.54) is 0 Å². The molecule has 7 heteroatoms. The molecule has 1 saturated heterocycles. The summed E-state index contributed by atoms with van der Waals surface area (Å²) in [6.07, 6.45) is -4.90. The number of ether oxygens (including phenoxy) is 4. The van der Waals surface area contributed by atoms with Gasteiger partial charge in [0, 0.05) is 5.39 Å². The quantitative estimate of drug-likeness (QED) is 0.623. The van der Waals surface area contributed by atoms with Gasteiger partial charge >= 0.3 is 0 Å². The molecule has 0 saturated carbocycles. The van der Waals surface area contributed by atoms with E-state index in [4.69, 9.17) is 18.9 Å². The summed E-state index contributed by atoms with van der Waals surface area (Å²) in [5, 5.41) is 31.5. The van der Waals surface area contributed by atoms with Gasteiger partial charge in [0.15, 0.2) is 11.5 Å². The smallest absolute Gasteiger partial charge is 0.231 e. The van der Waals surface area contributed by atoms with Gasteiger partial charge in [-0.15, -0.1) is 0 Å². The maximum absolute atomic E-state index is 10.2. The molecule has 2 aliphatic heterocycles. The maximum Gasteiger partial charge on any atom is 0.231 e. The number of rotatable bonds is 3. The molecule has 0 bridgehead atoms. The van der Waals surface area contributed by atoms with Crippen LogP contribution in [0.25, 0.3) is 21.9 Å². The Kier molecular flexibility index (Phi) is 4.52. The Morgan fingerprint density at radius 1 is 0.828 bits per heavy atom. The van der Waals surface area contributed by atoms with Crippen molar-refractivity contribution in [3.8, 4) is 28.4 Å². The molecule has 7 nitrogen and oxygen atoms in total. The third kappa shape index (κ3) is 3.18. The molecule has 0 amide bonds. The van der Waals surface area contributed by atoms with Crippen LogP contribution in [0.5, 0.6) is 17.2 Å². The zero-order valence-electron chi connectivity index (χ0n) is 15.4. The zero-order chi connectivity index (χ0) is 20.0. The molecule has 4 unspecified atom stereocenters. The highest BCUT2D eigenvalue weighted by atomic mass is 16.7. The average molecular weight is 396 g/mol. The first-order chi connectivity index (χ1) is 14.1. The maximum atomic E-state index is 10.2. The third-order valence-corrected chi connectivity index (χ3v) is 5.27. The van der Waals surface area contributed by atoms with Crippen molar-refractivity contribution < 1.29 is 34.3 Å². The van der Waals surface area contributed by atoms with Crippen molar-refractivity contribution in [1.29, 1.82) is 0 Å². The molecular weight excluding hydrogens is 376 g/mol. The van der Waals surface area contributed by atoms with E-state index in [-0.39, 0.29) is 13.4 Å². The fourth-order valence-electron chi connectivity index (χ4n) is 3.70. The second-order valence-electron chi connectivity index (χ2n) is 7.09. The van der Waals surface area contributed by atoms with Gasteiger partial charge in [0.25, 0.3) is 0 Å². The van der Waals surface area contributed by atoms with Crippen molar-refractivity contribution in [2.24, 2.45) is 0 Å². The van der Waals surface area contributed by atoms with Crippen LogP contribution in [-0.2, 0) is 4.74 Å². The van der Waals surface area contributed by atoms with Gasteiger partial charge in [0.2, 0.25) is 13.1 Å². The number of fused-ring (bicyclic) bond motifs is 2. The van der Waals surface area contributed by atoms with Crippen LogP contribution in [-0.4, -0.2) is 53.3 Å². The Bertz CT molecular complexity index is 1050. The third-order valence-electron chi connectivity index (χ3n) is 5.27. The molecule has 2 aliphatic rings. The van der Waals surface area contributed by atoms with Gasteiger partial charge in [-0.25, -0.2) is 0 Å². The Morgan fingerprint density at radius 2 is 1.62 bits per heavy atom. The lowest BCUT2D eigenvalue weighted by molar-refractivity contribution is -0.241. The molecule has 0 aliphatic carbocycles. The van der Waals surface area contributed by atoms with Crippen LogP contribution < -0.4 is 14.2 Å². The predicted octanol–water partition coefficient (Wildman–Crippen LogP) is 2.05. The second-order valence-corrected chi connectivity index (χ2v) is 7.09. The van der Waals surface area contributed by atoms with Crippen molar-refractivity contribution in [2.45, 2.75) is 24.6 Å². The van der Waals surface area contributed by atoms with E-state index >= 15 is 0 Å². The van der Waals surface area contributed by atoms with Crippen LogP contribution in [0.15, 0.2) is 54.6 Å². The molecule has 29 heavy (non-hydrogen) atoms. The topological polar surface area (TPSA) is 97.6 Å². The van der Waals surface area contributed by atoms with E-state index < -0.39 is 24.6 Å². The molecule has 0 spiro atoms. The number of aliphatic hydroxyl groups excluding tert-OH is 3. The second kappa shape index (κ2) is 7.20. The Morgan fingerprint density at radius 3 is 2.48 bits per heavy atom. The summed E-state index contributed by atoms with van der Waals surface area (Å²) in [6, 6.07) is 17.3. The van der Waals surface area contributed by atoms with E-state index in [0.29, 0.717) is 11.5 Å². The van der Waals surface area contributed by atoms with Crippen molar-refractivity contribution in [2.75, 3.05) is 13.4 Å². The predicted molar refractivity (Wildman–Crippen MR) is 104 cm³/mol. The standard InChI is InChI=1S/C22H20O7/c23-16-10-26-22(21(25)20(16)24)29-17-8-6-13(14-3-1-2-4-15(14)17)12-5-7-18-19(9-12)28-11-27-18/h1-9,16,20-25H,10-11H2. The zero-order valence-corrected chi connectivity index (χ0v) is 15.4. The first-order valence-corrected chi connectivity index (χ1v) is 9.36. The SMILES string of the molecule is OC1COC(Oc2ccc(-c3ccc4c(c3)OCO4)c3ccccc23)C(O)C1O. The lowest BCUT2D eigenvalue weighted by Gasteiger charge is -2.35. The number of hydrogen-bond acceptors (Lipinski definition) is 7. The van der Waals surface area contributed by atoms with Crippen LogP contribution in [0.2, 0.25) is 0 Å². The van der Waals surface area contributed by atoms with Crippen LogP contribution >= 0.6 is 0 Å². The Labute approximate surface area is 166 Å². The summed E-state index contributed by atoms with van der Waals surface area (Å²) >= 11 is 0. The normalized spacial score (nSPS) is 25.9. The van der Waals surface area contributed by atoms with E-state index in [0.717, 1.165) is 27.6 Å². The number of aliphatic hydroxyl groups is 3. The minimum absolute atomic E-state index is 0.115. The van der Waals surface area contributed by atoms with Crippen LogP contribution in [0, 0.1) is 0 Å². The average Bonchev–Trinajstić information content (AvgIpc) is 3.22. The van der Waals surface area contributed by atoms with Gasteiger partial charge in [-0.1, -0.05) is 36.4 Å². The molecule has 4 atom stereocenters. The Hall–Kier alpha value is -2.84. The molecule has 150 valence electrons. The van der Waals surface area contributed by atoms with E-state index in [9.17, 15) is 15.3 Å². The monoisotopic (exact) mass is 396 g/mol. The first kappa shape index (κ1) is 18.2. The van der Waals surface area contributed by atoms with Gasteiger partial charge in [0.05, 0.1) is 6.61 Å². The largest absolute Gasteiger partial charge is 0.461 e. The fourth-order valence-corrected chi connectivity index (χ4v) is 3.70. The van der Waals surface area contributed by atoms with Crippen molar-refractivity contribution in [1.82, 2.24) is 0 Å². The molecule has 3 aromatic rings. The minimum atomic E-state index is -1.36. The minimum Gasteiger partial charge on any atom is -0.461 e. The summed E-state index contributed by atoms with van der Waals surface area (Å²) in [6.45, 7) is 0.104. The van der Waals surface area contributed by atoms with Crippen molar-refractivity contribution >= 4 is 10.8 Å². The highest BCUT2D eigenvalue weighted by molar-refractivity contribution is 6.00. The molecule has 3 aromatic carbocycles. The van der Waals surface area contributed by atoms with Crippen molar-refractivity contribution in [3.05, 3.63) is 54.6 Å². The van der Waals surface area contributed by atoms with Gasteiger partial charge in [-0.3, -0.25) is 0 Å². The molecule has 1 fully saturated rings. The number of hydrogen-bond donors (Lipinski definition) is 3. The summed E-state index contributed by atoms with van der Waals surface area (Å²) in [5.41, 5.74) is 1.97. The highest BCUT2D eigenvalue weighted by Gasteiger charge is 2.39. The lowest BCUT2D eigenvalue weighted by Crippen LogP contribution is -2.54. The molecule has 0 aromatic heterocycles. The molecule has 0 radical (unpaired) electrons. The summed E-state index contributed by atoms with van der Waals surface area (Å²) in [7, 11) is 0. The van der Waals surface area contributed by atoms with Crippen molar-refractivity contribution in [3.63, 3.8) is 0 Å². The van der Waals surface area contributed by atoms with E-state index in [2.05, 4.69) is 0 Å². The molecular formula is C22H20O7. The molecule has 3 N–H and O–H groups in total. The van der Waals surface area contributed by atoms with Gasteiger partial charge in [-0.2, -0.15) is 0 Å². The Balaban J connectivity index is 1.52. The van der Waals surface area contributed by atoms with Crippen LogP contribution in [0.3, 0.4) is 0 Å². The van der Waals surface area contributed by atoms with Crippen LogP contribution in [0.1, 0.15) is 0 Å². The summed E-state index contributed by atoms with van der Waals surface area (Å²) in [5.74, 6) is 1.94.